The van der Waals surface area contributed by atoms with E-state index < -0.39 is 0 Å². The van der Waals surface area contributed by atoms with E-state index in [1.54, 1.807) is 18.1 Å². The molecule has 7 heteroatoms. The Kier molecular flexibility index (Phi) is 5.49. The minimum Gasteiger partial charge on any atom is -0.378 e. The van der Waals surface area contributed by atoms with E-state index in [9.17, 15) is 4.79 Å². The molecule has 1 fully saturated rings. The minimum atomic E-state index is 0.0583. The molecule has 0 N–H and O–H groups in total. The number of ether oxygens (including phenoxy) is 1. The molecule has 5 aromatic rings. The van der Waals surface area contributed by atoms with Gasteiger partial charge in [-0.15, -0.1) is 10.2 Å². The Bertz CT molecular complexity index is 1490. The molecule has 0 saturated carbocycles. The highest BCUT2D eigenvalue weighted by Crippen LogP contribution is 2.35. The van der Waals surface area contributed by atoms with E-state index in [4.69, 9.17) is 4.74 Å². The van der Waals surface area contributed by atoms with Gasteiger partial charge < -0.3 is 9.64 Å². The number of rotatable bonds is 4. The molecule has 6 nitrogen and oxygen atoms in total. The summed E-state index contributed by atoms with van der Waals surface area (Å²) in [6.45, 7) is 2.47. The second-order valence-corrected chi connectivity index (χ2v) is 9.34. The lowest BCUT2D eigenvalue weighted by Gasteiger charge is -2.27. The highest BCUT2D eigenvalue weighted by atomic mass is 32.2. The van der Waals surface area contributed by atoms with Crippen molar-refractivity contribution in [2.45, 2.75) is 9.79 Å². The number of carbonyl (C=O) groups excluding carboxylic acids is 1. The van der Waals surface area contributed by atoms with E-state index in [1.165, 1.54) is 0 Å². The lowest BCUT2D eigenvalue weighted by molar-refractivity contribution is 0.0302. The number of nitrogens with zero attached hydrogens (tertiary/aromatic N) is 4. The van der Waals surface area contributed by atoms with E-state index in [0.29, 0.717) is 31.9 Å². The summed E-state index contributed by atoms with van der Waals surface area (Å²) in [5.74, 6) is 0.0583. The van der Waals surface area contributed by atoms with Gasteiger partial charge in [0.2, 0.25) is 0 Å². The smallest absolute Gasteiger partial charge is 0.254 e. The standard InChI is InChI=1S/C27H22N4O2S/c32-27(30-11-13-33-14-12-30)20-7-4-8-21(15-20)34-22-9-10-23-24(19-5-2-1-3-6-19)17-26-29-28-18-31(26)25(23)16-22/h1-10,15-18H,11-14H2. The third-order valence-electron chi connectivity index (χ3n) is 6.07. The largest absolute Gasteiger partial charge is 0.378 e. The zero-order chi connectivity index (χ0) is 22.9. The topological polar surface area (TPSA) is 59.7 Å². The molecule has 3 heterocycles. The van der Waals surface area contributed by atoms with E-state index in [0.717, 1.165) is 37.5 Å². The van der Waals surface area contributed by atoms with Gasteiger partial charge in [0.05, 0.1) is 18.7 Å². The Balaban J connectivity index is 1.36. The molecule has 0 unspecified atom stereocenters. The van der Waals surface area contributed by atoms with Crippen LogP contribution in [0.1, 0.15) is 10.4 Å². The maximum atomic E-state index is 12.9. The van der Waals surface area contributed by atoms with Crippen molar-refractivity contribution in [3.05, 3.63) is 90.8 Å². The number of morpholine rings is 1. The first kappa shape index (κ1) is 20.9. The zero-order valence-corrected chi connectivity index (χ0v) is 19.2. The fourth-order valence-corrected chi connectivity index (χ4v) is 5.28. The quantitative estimate of drug-likeness (QED) is 0.366. The summed E-state index contributed by atoms with van der Waals surface area (Å²) in [7, 11) is 0. The molecule has 6 rings (SSSR count). The summed E-state index contributed by atoms with van der Waals surface area (Å²) in [5, 5.41) is 9.57. The average Bonchev–Trinajstić information content (AvgIpc) is 3.38. The van der Waals surface area contributed by atoms with E-state index in [1.807, 2.05) is 51.8 Å². The van der Waals surface area contributed by atoms with Crippen LogP contribution in [0.15, 0.2) is 95.0 Å². The van der Waals surface area contributed by atoms with Gasteiger partial charge in [-0.25, -0.2) is 0 Å². The first-order valence-corrected chi connectivity index (χ1v) is 12.0. The average molecular weight is 467 g/mol. The second kappa shape index (κ2) is 8.93. The minimum absolute atomic E-state index is 0.0583. The van der Waals surface area contributed by atoms with Gasteiger partial charge in [-0.2, -0.15) is 0 Å². The molecule has 0 aliphatic carbocycles. The first-order valence-electron chi connectivity index (χ1n) is 11.2. The van der Waals surface area contributed by atoms with Crippen LogP contribution in [-0.4, -0.2) is 51.7 Å². The monoisotopic (exact) mass is 466 g/mol. The molecule has 1 aliphatic heterocycles. The molecule has 0 bridgehead atoms. The molecule has 1 saturated heterocycles. The van der Waals surface area contributed by atoms with Gasteiger partial charge in [0.15, 0.2) is 5.65 Å². The van der Waals surface area contributed by atoms with Crippen LogP contribution < -0.4 is 0 Å². The molecule has 2 aromatic heterocycles. The van der Waals surface area contributed by atoms with Gasteiger partial charge in [0.25, 0.3) is 5.91 Å². The SMILES string of the molecule is O=C(c1cccc(Sc2ccc3c(-c4ccccc4)cc4nncn4c3c2)c1)N1CCOCC1. The summed E-state index contributed by atoms with van der Waals surface area (Å²) < 4.78 is 7.39. The van der Waals surface area contributed by atoms with Gasteiger partial charge in [0, 0.05) is 33.8 Å². The van der Waals surface area contributed by atoms with E-state index >= 15 is 0 Å². The number of aromatic nitrogens is 3. The molecule has 1 amide bonds. The van der Waals surface area contributed by atoms with Crippen LogP contribution in [0.2, 0.25) is 0 Å². The van der Waals surface area contributed by atoms with Crippen molar-refractivity contribution in [1.82, 2.24) is 19.5 Å². The molecule has 0 radical (unpaired) electrons. The van der Waals surface area contributed by atoms with Crippen molar-refractivity contribution in [1.29, 1.82) is 0 Å². The van der Waals surface area contributed by atoms with Crippen molar-refractivity contribution in [3.8, 4) is 11.1 Å². The molecular formula is C27H22N4O2S. The second-order valence-electron chi connectivity index (χ2n) is 8.20. The molecule has 168 valence electrons. The van der Waals surface area contributed by atoms with Gasteiger partial charge in [0.1, 0.15) is 6.33 Å². The number of carbonyl (C=O) groups is 1. The summed E-state index contributed by atoms with van der Waals surface area (Å²) in [6.07, 6.45) is 1.75. The van der Waals surface area contributed by atoms with Crippen molar-refractivity contribution >= 4 is 34.2 Å². The Morgan fingerprint density at radius 3 is 2.56 bits per heavy atom. The number of hydrogen-bond donors (Lipinski definition) is 0. The maximum absolute atomic E-state index is 12.9. The van der Waals surface area contributed by atoms with Gasteiger partial charge >= 0.3 is 0 Å². The van der Waals surface area contributed by atoms with Crippen LogP contribution in [0.3, 0.4) is 0 Å². The summed E-state index contributed by atoms with van der Waals surface area (Å²) >= 11 is 1.64. The maximum Gasteiger partial charge on any atom is 0.254 e. The normalized spacial score (nSPS) is 14.1. The number of benzene rings is 3. The molecule has 34 heavy (non-hydrogen) atoms. The third-order valence-corrected chi connectivity index (χ3v) is 7.05. The number of pyridine rings is 1. The summed E-state index contributed by atoms with van der Waals surface area (Å²) in [5.41, 5.74) is 4.84. The van der Waals surface area contributed by atoms with Crippen LogP contribution in [0.5, 0.6) is 0 Å². The predicted molar refractivity (Wildman–Crippen MR) is 133 cm³/mol. The van der Waals surface area contributed by atoms with Gasteiger partial charge in [-0.3, -0.25) is 9.20 Å². The Hall–Kier alpha value is -3.68. The molecule has 3 aromatic carbocycles. The number of fused-ring (bicyclic) bond motifs is 3. The van der Waals surface area contributed by atoms with Gasteiger partial charge in [-0.1, -0.05) is 54.2 Å². The van der Waals surface area contributed by atoms with Crippen molar-refractivity contribution in [2.24, 2.45) is 0 Å². The highest BCUT2D eigenvalue weighted by molar-refractivity contribution is 7.99. The summed E-state index contributed by atoms with van der Waals surface area (Å²) in [6, 6.07) is 26.7. The lowest BCUT2D eigenvalue weighted by atomic mass is 10.0. The Labute approximate surface area is 201 Å². The van der Waals surface area contributed by atoms with E-state index in [-0.39, 0.29) is 5.91 Å². The van der Waals surface area contributed by atoms with Crippen LogP contribution in [0, 0.1) is 0 Å². The highest BCUT2D eigenvalue weighted by Gasteiger charge is 2.19. The van der Waals surface area contributed by atoms with Gasteiger partial charge in [-0.05, 0) is 47.5 Å². The van der Waals surface area contributed by atoms with Crippen molar-refractivity contribution in [2.75, 3.05) is 26.3 Å². The molecular weight excluding hydrogens is 444 g/mol. The number of amides is 1. The van der Waals surface area contributed by atoms with Crippen LogP contribution in [0.25, 0.3) is 27.7 Å². The fraction of sp³-hybridized carbons (Fsp3) is 0.148. The van der Waals surface area contributed by atoms with Crippen LogP contribution in [-0.2, 0) is 4.74 Å². The zero-order valence-electron chi connectivity index (χ0n) is 18.4. The van der Waals surface area contributed by atoms with Crippen molar-refractivity contribution in [3.63, 3.8) is 0 Å². The fourth-order valence-electron chi connectivity index (χ4n) is 4.37. The van der Waals surface area contributed by atoms with Crippen molar-refractivity contribution < 1.29 is 9.53 Å². The predicted octanol–water partition coefficient (Wildman–Crippen LogP) is 5.17. The molecule has 0 spiro atoms. The summed E-state index contributed by atoms with van der Waals surface area (Å²) in [4.78, 5) is 16.9. The Morgan fingerprint density at radius 2 is 1.71 bits per heavy atom. The Morgan fingerprint density at radius 1 is 0.882 bits per heavy atom. The molecule has 1 aliphatic rings. The van der Waals surface area contributed by atoms with Crippen LogP contribution in [0.4, 0.5) is 0 Å². The third kappa shape index (κ3) is 3.93. The first-order chi connectivity index (χ1) is 16.8. The van der Waals surface area contributed by atoms with E-state index in [2.05, 4.69) is 46.6 Å². The van der Waals surface area contributed by atoms with Crippen LogP contribution >= 0.6 is 11.8 Å². The number of hydrogen-bond acceptors (Lipinski definition) is 5. The molecule has 0 atom stereocenters. The lowest BCUT2D eigenvalue weighted by Crippen LogP contribution is -2.40.